The summed E-state index contributed by atoms with van der Waals surface area (Å²) in [6.07, 6.45) is 10.8. The Morgan fingerprint density at radius 3 is 2.42 bits per heavy atom. The van der Waals surface area contributed by atoms with Gasteiger partial charge in [0.05, 0.1) is 5.69 Å². The molecule has 0 aliphatic rings. The Hall–Kier alpha value is -2.49. The van der Waals surface area contributed by atoms with Crippen LogP contribution in [0.2, 0.25) is 0 Å². The lowest BCUT2D eigenvalue weighted by Gasteiger charge is -2.08. The van der Waals surface area contributed by atoms with Crippen LogP contribution in [0.3, 0.4) is 0 Å². The van der Waals surface area contributed by atoms with Crippen molar-refractivity contribution in [1.82, 2.24) is 15.6 Å². The van der Waals surface area contributed by atoms with Crippen LogP contribution in [0.1, 0.15) is 30.2 Å². The molecule has 1 heterocycles. The molecule has 0 aliphatic heterocycles. The van der Waals surface area contributed by atoms with E-state index in [1.54, 1.807) is 6.08 Å². The van der Waals surface area contributed by atoms with Gasteiger partial charge in [-0.15, -0.1) is 0 Å². The van der Waals surface area contributed by atoms with Gasteiger partial charge in [0.2, 0.25) is 0 Å². The van der Waals surface area contributed by atoms with Crippen LogP contribution in [0.5, 0.6) is 0 Å². The number of hydrogen-bond donors (Lipinski definition) is 2. The van der Waals surface area contributed by atoms with Gasteiger partial charge < -0.3 is 10.6 Å². The van der Waals surface area contributed by atoms with Crippen molar-refractivity contribution in [3.8, 4) is 0 Å². The van der Waals surface area contributed by atoms with Gasteiger partial charge in [0.1, 0.15) is 0 Å². The van der Waals surface area contributed by atoms with Crippen molar-refractivity contribution in [3.05, 3.63) is 96.4 Å². The van der Waals surface area contributed by atoms with Crippen molar-refractivity contribution in [2.45, 2.75) is 26.4 Å². The molecule has 2 rings (SSSR count). The van der Waals surface area contributed by atoms with Gasteiger partial charge in [0.25, 0.3) is 0 Å². The predicted molar refractivity (Wildman–Crippen MR) is 112 cm³/mol. The third-order valence-corrected chi connectivity index (χ3v) is 4.09. The fraction of sp³-hybridized carbons (Fsp3) is 0.261. The molecule has 0 amide bonds. The van der Waals surface area contributed by atoms with E-state index in [0.29, 0.717) is 0 Å². The average molecular weight is 348 g/mol. The summed E-state index contributed by atoms with van der Waals surface area (Å²) >= 11 is 0. The standard InChI is InChI=1S/C23H29N3/c1-3-5-6-9-21(4-2)22-13-11-20(12-14-22)18-24-16-17-25-19-23-10-7-8-15-26-23/h3,5-15,24-25H,1,4,16-19H2,2H3/b6-5-,21-9+. The van der Waals surface area contributed by atoms with Crippen molar-refractivity contribution < 1.29 is 0 Å². The summed E-state index contributed by atoms with van der Waals surface area (Å²) in [6.45, 7) is 9.43. The first kappa shape index (κ1) is 19.8. The molecule has 0 bridgehead atoms. The van der Waals surface area contributed by atoms with Gasteiger partial charge in [-0.2, -0.15) is 0 Å². The third-order valence-electron chi connectivity index (χ3n) is 4.09. The number of pyridine rings is 1. The molecule has 26 heavy (non-hydrogen) atoms. The molecule has 0 atom stereocenters. The molecular formula is C23H29N3. The highest BCUT2D eigenvalue weighted by Crippen LogP contribution is 2.18. The second-order valence-corrected chi connectivity index (χ2v) is 6.04. The van der Waals surface area contributed by atoms with E-state index in [4.69, 9.17) is 0 Å². The first-order valence-electron chi connectivity index (χ1n) is 9.22. The van der Waals surface area contributed by atoms with Crippen molar-refractivity contribution in [3.63, 3.8) is 0 Å². The van der Waals surface area contributed by atoms with E-state index in [1.807, 2.05) is 36.5 Å². The number of nitrogens with zero attached hydrogens (tertiary/aromatic N) is 1. The molecule has 2 N–H and O–H groups in total. The van der Waals surface area contributed by atoms with Crippen LogP contribution in [-0.4, -0.2) is 18.1 Å². The Morgan fingerprint density at radius 1 is 1.00 bits per heavy atom. The number of hydrogen-bond acceptors (Lipinski definition) is 3. The summed E-state index contributed by atoms with van der Waals surface area (Å²) in [5.74, 6) is 0. The van der Waals surface area contributed by atoms with Gasteiger partial charge in [-0.05, 0) is 35.3 Å². The van der Waals surface area contributed by atoms with E-state index in [-0.39, 0.29) is 0 Å². The quantitative estimate of drug-likeness (QED) is 0.464. The molecule has 136 valence electrons. The number of rotatable bonds is 11. The van der Waals surface area contributed by atoms with E-state index in [0.717, 1.165) is 38.3 Å². The van der Waals surface area contributed by atoms with Crippen molar-refractivity contribution >= 4 is 5.57 Å². The molecule has 0 fully saturated rings. The summed E-state index contributed by atoms with van der Waals surface area (Å²) < 4.78 is 0. The van der Waals surface area contributed by atoms with E-state index in [2.05, 4.69) is 59.5 Å². The van der Waals surface area contributed by atoms with Crippen molar-refractivity contribution in [2.24, 2.45) is 0 Å². The number of nitrogens with one attached hydrogen (secondary N) is 2. The van der Waals surface area contributed by atoms with Crippen LogP contribution in [0, 0.1) is 0 Å². The van der Waals surface area contributed by atoms with Crippen LogP contribution < -0.4 is 10.6 Å². The number of aromatic nitrogens is 1. The third kappa shape index (κ3) is 7.18. The molecule has 0 radical (unpaired) electrons. The Morgan fingerprint density at radius 2 is 1.77 bits per heavy atom. The first-order chi connectivity index (χ1) is 12.8. The normalized spacial score (nSPS) is 11.8. The lowest BCUT2D eigenvalue weighted by molar-refractivity contribution is 0.606. The van der Waals surface area contributed by atoms with Gasteiger partial charge in [-0.1, -0.05) is 68.1 Å². The molecule has 3 heteroatoms. The first-order valence-corrected chi connectivity index (χ1v) is 9.22. The van der Waals surface area contributed by atoms with Crippen LogP contribution in [0.15, 0.2) is 79.5 Å². The Bertz CT molecular complexity index is 700. The van der Waals surface area contributed by atoms with E-state index in [1.165, 1.54) is 16.7 Å². The molecule has 1 aromatic heterocycles. The molecular weight excluding hydrogens is 318 g/mol. The van der Waals surface area contributed by atoms with Gasteiger partial charge in [-0.3, -0.25) is 4.98 Å². The highest BCUT2D eigenvalue weighted by atomic mass is 14.9. The molecule has 1 aromatic carbocycles. The lowest BCUT2D eigenvalue weighted by Crippen LogP contribution is -2.26. The smallest absolute Gasteiger partial charge is 0.0541 e. The average Bonchev–Trinajstić information content (AvgIpc) is 2.69. The van der Waals surface area contributed by atoms with Crippen LogP contribution in [-0.2, 0) is 13.1 Å². The molecule has 2 aromatic rings. The lowest BCUT2D eigenvalue weighted by atomic mass is 10.0. The molecule has 0 spiro atoms. The Balaban J connectivity index is 1.71. The molecule has 0 saturated heterocycles. The Labute approximate surface area is 157 Å². The summed E-state index contributed by atoms with van der Waals surface area (Å²) in [6, 6.07) is 14.8. The molecule has 3 nitrogen and oxygen atoms in total. The topological polar surface area (TPSA) is 37.0 Å². The zero-order valence-corrected chi connectivity index (χ0v) is 15.6. The van der Waals surface area contributed by atoms with Gasteiger partial charge in [-0.25, -0.2) is 0 Å². The van der Waals surface area contributed by atoms with E-state index in [9.17, 15) is 0 Å². The summed E-state index contributed by atoms with van der Waals surface area (Å²) in [4.78, 5) is 4.30. The zero-order chi connectivity index (χ0) is 18.5. The van der Waals surface area contributed by atoms with Crippen molar-refractivity contribution in [1.29, 1.82) is 0 Å². The second-order valence-electron chi connectivity index (χ2n) is 6.04. The van der Waals surface area contributed by atoms with Gasteiger partial charge in [0, 0.05) is 32.4 Å². The van der Waals surface area contributed by atoms with Gasteiger partial charge >= 0.3 is 0 Å². The molecule has 0 aliphatic carbocycles. The minimum Gasteiger partial charge on any atom is -0.311 e. The highest BCUT2D eigenvalue weighted by molar-refractivity contribution is 5.67. The fourth-order valence-electron chi connectivity index (χ4n) is 2.63. The minimum atomic E-state index is 0.809. The summed E-state index contributed by atoms with van der Waals surface area (Å²) in [5.41, 5.74) is 4.99. The molecule has 0 saturated carbocycles. The van der Waals surface area contributed by atoms with Crippen LogP contribution >= 0.6 is 0 Å². The minimum absolute atomic E-state index is 0.809. The van der Waals surface area contributed by atoms with E-state index < -0.39 is 0 Å². The van der Waals surface area contributed by atoms with Crippen LogP contribution in [0.4, 0.5) is 0 Å². The maximum Gasteiger partial charge on any atom is 0.0541 e. The van der Waals surface area contributed by atoms with Gasteiger partial charge in [0.15, 0.2) is 0 Å². The number of allylic oxidation sites excluding steroid dienone is 5. The monoisotopic (exact) mass is 347 g/mol. The Kier molecular flexibility index (Phi) is 9.12. The SMILES string of the molecule is C=C/C=C\C=C(/CC)c1ccc(CNCCNCc2ccccn2)cc1. The largest absolute Gasteiger partial charge is 0.311 e. The maximum atomic E-state index is 4.30. The highest BCUT2D eigenvalue weighted by Gasteiger charge is 1.99. The summed E-state index contributed by atoms with van der Waals surface area (Å²) in [5, 5.41) is 6.87. The van der Waals surface area contributed by atoms with Crippen LogP contribution in [0.25, 0.3) is 5.57 Å². The van der Waals surface area contributed by atoms with Crippen molar-refractivity contribution in [2.75, 3.05) is 13.1 Å². The maximum absolute atomic E-state index is 4.30. The predicted octanol–water partition coefficient (Wildman–Crippen LogP) is 4.50. The zero-order valence-electron chi connectivity index (χ0n) is 15.6. The fourth-order valence-corrected chi connectivity index (χ4v) is 2.63. The second kappa shape index (κ2) is 12.0. The van der Waals surface area contributed by atoms with E-state index >= 15 is 0 Å². The molecule has 0 unspecified atom stereocenters. The summed E-state index contributed by atoms with van der Waals surface area (Å²) in [7, 11) is 0. The number of benzene rings is 1.